The average molecular weight is 326 g/mol. The first-order valence-corrected chi connectivity index (χ1v) is 8.67. The predicted molar refractivity (Wildman–Crippen MR) is 93.9 cm³/mol. The standard InChI is InChI=1S/C20H26N2O2/c1-14-6-5-7-15(2)17(14)22-8-9-24-20(13-22)10-16(11-21)18(23)19(3,4)12-20/h5-7,16H,8-10,12-13H2,1-4H3. The van der Waals surface area contributed by atoms with Crippen LogP contribution in [-0.4, -0.2) is 31.1 Å². The molecule has 2 aliphatic rings. The Hall–Kier alpha value is -1.86. The van der Waals surface area contributed by atoms with Crippen LogP contribution in [0.15, 0.2) is 18.2 Å². The molecule has 0 bridgehead atoms. The van der Waals surface area contributed by atoms with Crippen molar-refractivity contribution in [2.45, 2.75) is 46.1 Å². The van der Waals surface area contributed by atoms with E-state index in [9.17, 15) is 10.1 Å². The smallest absolute Gasteiger partial charge is 0.155 e. The first-order valence-electron chi connectivity index (χ1n) is 8.67. The Balaban J connectivity index is 1.93. The van der Waals surface area contributed by atoms with Gasteiger partial charge in [0.05, 0.1) is 18.3 Å². The first-order chi connectivity index (χ1) is 11.3. The number of hydrogen-bond acceptors (Lipinski definition) is 4. The summed E-state index contributed by atoms with van der Waals surface area (Å²) in [4.78, 5) is 14.9. The summed E-state index contributed by atoms with van der Waals surface area (Å²) >= 11 is 0. The van der Waals surface area contributed by atoms with Gasteiger partial charge in [0.2, 0.25) is 0 Å². The highest BCUT2D eigenvalue weighted by Crippen LogP contribution is 2.45. The summed E-state index contributed by atoms with van der Waals surface area (Å²) in [7, 11) is 0. The second-order valence-corrected chi connectivity index (χ2v) is 8.00. The van der Waals surface area contributed by atoms with E-state index >= 15 is 0 Å². The number of Topliss-reactive ketones (excluding diaryl/α,β-unsaturated/α-hetero) is 1. The fraction of sp³-hybridized carbons (Fsp3) is 0.600. The monoisotopic (exact) mass is 326 g/mol. The van der Waals surface area contributed by atoms with Crippen molar-refractivity contribution in [3.63, 3.8) is 0 Å². The zero-order valence-electron chi connectivity index (χ0n) is 15.1. The van der Waals surface area contributed by atoms with Gasteiger partial charge in [-0.2, -0.15) is 5.26 Å². The lowest BCUT2D eigenvalue weighted by atomic mass is 9.64. The van der Waals surface area contributed by atoms with Crippen LogP contribution in [0.3, 0.4) is 0 Å². The highest BCUT2D eigenvalue weighted by atomic mass is 16.5. The van der Waals surface area contributed by atoms with E-state index in [2.05, 4.69) is 43.0 Å². The quantitative estimate of drug-likeness (QED) is 0.793. The Morgan fingerprint density at radius 1 is 1.29 bits per heavy atom. The third-order valence-electron chi connectivity index (χ3n) is 5.48. The number of carbonyl (C=O) groups is 1. The number of ether oxygens (including phenoxy) is 1. The molecule has 4 heteroatoms. The van der Waals surface area contributed by atoms with E-state index in [0.29, 0.717) is 19.4 Å². The highest BCUT2D eigenvalue weighted by Gasteiger charge is 2.52. The van der Waals surface area contributed by atoms with E-state index in [-0.39, 0.29) is 5.78 Å². The molecule has 0 amide bonds. The van der Waals surface area contributed by atoms with Crippen molar-refractivity contribution in [1.82, 2.24) is 0 Å². The number of ketones is 1. The maximum Gasteiger partial charge on any atom is 0.155 e. The zero-order chi connectivity index (χ0) is 17.5. The molecule has 0 N–H and O–H groups in total. The van der Waals surface area contributed by atoms with Crippen molar-refractivity contribution in [1.29, 1.82) is 5.26 Å². The lowest BCUT2D eigenvalue weighted by Crippen LogP contribution is -2.59. The van der Waals surface area contributed by atoms with E-state index in [0.717, 1.165) is 13.1 Å². The summed E-state index contributed by atoms with van der Waals surface area (Å²) in [5.74, 6) is -0.505. The molecule has 1 aromatic carbocycles. The summed E-state index contributed by atoms with van der Waals surface area (Å²) in [5.41, 5.74) is 2.86. The molecular weight excluding hydrogens is 300 g/mol. The van der Waals surface area contributed by atoms with Gasteiger partial charge < -0.3 is 9.64 Å². The van der Waals surface area contributed by atoms with E-state index in [4.69, 9.17) is 4.74 Å². The molecule has 128 valence electrons. The van der Waals surface area contributed by atoms with Crippen LogP contribution >= 0.6 is 0 Å². The molecule has 24 heavy (non-hydrogen) atoms. The summed E-state index contributed by atoms with van der Waals surface area (Å²) in [6.45, 7) is 10.4. The maximum atomic E-state index is 12.5. The van der Waals surface area contributed by atoms with Crippen molar-refractivity contribution in [2.24, 2.45) is 11.3 Å². The van der Waals surface area contributed by atoms with Gasteiger partial charge in [-0.15, -0.1) is 0 Å². The minimum absolute atomic E-state index is 0.0587. The van der Waals surface area contributed by atoms with Crippen LogP contribution < -0.4 is 4.90 Å². The van der Waals surface area contributed by atoms with Crippen molar-refractivity contribution in [2.75, 3.05) is 24.6 Å². The minimum Gasteiger partial charge on any atom is -0.371 e. The van der Waals surface area contributed by atoms with Gasteiger partial charge in [0.1, 0.15) is 5.92 Å². The molecule has 1 aliphatic heterocycles. The SMILES string of the molecule is Cc1cccc(C)c1N1CCOC2(CC(C#N)C(=O)C(C)(C)C2)C1. The van der Waals surface area contributed by atoms with Gasteiger partial charge in [-0.25, -0.2) is 0 Å². The summed E-state index contributed by atoms with van der Waals surface area (Å²) in [6, 6.07) is 8.56. The number of carbonyl (C=O) groups excluding carboxylic acids is 1. The van der Waals surface area contributed by atoms with Gasteiger partial charge in [0.25, 0.3) is 0 Å². The lowest BCUT2D eigenvalue weighted by molar-refractivity contribution is -0.152. The number of nitriles is 1. The summed E-state index contributed by atoms with van der Waals surface area (Å²) in [6.07, 6.45) is 1.19. The zero-order valence-corrected chi connectivity index (χ0v) is 15.1. The summed E-state index contributed by atoms with van der Waals surface area (Å²) < 4.78 is 6.21. The molecule has 1 spiro atoms. The fourth-order valence-corrected chi connectivity index (χ4v) is 4.58. The van der Waals surface area contributed by atoms with Crippen LogP contribution in [0.2, 0.25) is 0 Å². The lowest BCUT2D eigenvalue weighted by Gasteiger charge is -2.51. The number of hydrogen-bond donors (Lipinski definition) is 0. The number of anilines is 1. The van der Waals surface area contributed by atoms with Crippen molar-refractivity contribution in [3.05, 3.63) is 29.3 Å². The molecule has 2 unspecified atom stereocenters. The molecule has 1 saturated carbocycles. The topological polar surface area (TPSA) is 53.3 Å². The van der Waals surface area contributed by atoms with Crippen LogP contribution in [0, 0.1) is 36.5 Å². The molecule has 0 radical (unpaired) electrons. The molecule has 1 saturated heterocycles. The first kappa shape index (κ1) is 17.0. The number of benzene rings is 1. The number of para-hydroxylation sites is 1. The van der Waals surface area contributed by atoms with Gasteiger partial charge in [-0.3, -0.25) is 4.79 Å². The Labute approximate surface area is 144 Å². The number of aryl methyl sites for hydroxylation is 2. The molecule has 0 aromatic heterocycles. The predicted octanol–water partition coefficient (Wildman–Crippen LogP) is 3.41. The minimum atomic E-state index is -0.563. The Bertz CT molecular complexity index is 684. The van der Waals surface area contributed by atoms with Gasteiger partial charge >= 0.3 is 0 Å². The van der Waals surface area contributed by atoms with E-state index < -0.39 is 16.9 Å². The summed E-state index contributed by atoms with van der Waals surface area (Å²) in [5, 5.41) is 9.44. The third-order valence-corrected chi connectivity index (χ3v) is 5.48. The molecule has 4 nitrogen and oxygen atoms in total. The van der Waals surface area contributed by atoms with Gasteiger partial charge in [0, 0.05) is 30.6 Å². The van der Waals surface area contributed by atoms with Crippen LogP contribution in [-0.2, 0) is 9.53 Å². The number of rotatable bonds is 1. The average Bonchev–Trinajstić information content (AvgIpc) is 2.51. The molecule has 3 rings (SSSR count). The van der Waals surface area contributed by atoms with Crippen molar-refractivity contribution in [3.8, 4) is 6.07 Å². The van der Waals surface area contributed by atoms with E-state index in [1.165, 1.54) is 16.8 Å². The van der Waals surface area contributed by atoms with Crippen molar-refractivity contribution < 1.29 is 9.53 Å². The fourth-order valence-electron chi connectivity index (χ4n) is 4.58. The van der Waals surface area contributed by atoms with Crippen molar-refractivity contribution >= 4 is 11.5 Å². The number of morpholine rings is 1. The Kier molecular flexibility index (Phi) is 4.17. The van der Waals surface area contributed by atoms with Crippen LogP contribution in [0.4, 0.5) is 5.69 Å². The van der Waals surface area contributed by atoms with Gasteiger partial charge in [-0.1, -0.05) is 32.0 Å². The molecular formula is C20H26N2O2. The maximum absolute atomic E-state index is 12.5. The highest BCUT2D eigenvalue weighted by molar-refractivity contribution is 5.89. The molecule has 1 aliphatic carbocycles. The third kappa shape index (κ3) is 2.82. The second kappa shape index (κ2) is 5.89. The van der Waals surface area contributed by atoms with Gasteiger partial charge in [-0.05, 0) is 31.4 Å². The molecule has 1 aromatic rings. The largest absolute Gasteiger partial charge is 0.371 e. The normalized spacial score (nSPS) is 29.5. The van der Waals surface area contributed by atoms with E-state index in [1.807, 2.05) is 13.8 Å². The molecule has 2 atom stereocenters. The van der Waals surface area contributed by atoms with Crippen LogP contribution in [0.5, 0.6) is 0 Å². The number of nitrogens with zero attached hydrogens (tertiary/aromatic N) is 2. The van der Waals surface area contributed by atoms with Gasteiger partial charge in [0.15, 0.2) is 5.78 Å². The second-order valence-electron chi connectivity index (χ2n) is 8.00. The Morgan fingerprint density at radius 2 is 1.96 bits per heavy atom. The van der Waals surface area contributed by atoms with Crippen LogP contribution in [0.25, 0.3) is 0 Å². The van der Waals surface area contributed by atoms with E-state index in [1.54, 1.807) is 0 Å². The Morgan fingerprint density at radius 3 is 2.58 bits per heavy atom. The molecule has 2 fully saturated rings. The van der Waals surface area contributed by atoms with Crippen LogP contribution in [0.1, 0.15) is 37.8 Å². The molecule has 1 heterocycles.